The average molecular weight is 263 g/mol. The van der Waals surface area contributed by atoms with Gasteiger partial charge >= 0.3 is 0 Å². The number of aliphatic hydroxyl groups excluding tert-OH is 1. The first-order valence-electron chi connectivity index (χ1n) is 6.82. The quantitative estimate of drug-likeness (QED) is 0.870. The van der Waals surface area contributed by atoms with Crippen LogP contribution in [0.4, 0.5) is 0 Å². The van der Waals surface area contributed by atoms with Crippen LogP contribution in [0.5, 0.6) is 5.75 Å². The third kappa shape index (κ3) is 4.24. The zero-order valence-electron chi connectivity index (χ0n) is 11.3. The summed E-state index contributed by atoms with van der Waals surface area (Å²) in [7, 11) is 0. The molecular weight excluding hydrogens is 242 g/mol. The van der Waals surface area contributed by atoms with Gasteiger partial charge in [-0.3, -0.25) is 4.79 Å². The molecule has 2 atom stereocenters. The van der Waals surface area contributed by atoms with E-state index in [0.29, 0.717) is 5.75 Å². The van der Waals surface area contributed by atoms with Crippen molar-refractivity contribution in [2.45, 2.75) is 44.8 Å². The van der Waals surface area contributed by atoms with Gasteiger partial charge in [0.25, 0.3) is 5.91 Å². The lowest BCUT2D eigenvalue weighted by atomic mass is 9.92. The van der Waals surface area contributed by atoms with Gasteiger partial charge in [-0.15, -0.1) is 0 Å². The summed E-state index contributed by atoms with van der Waals surface area (Å²) >= 11 is 0. The molecule has 2 N–H and O–H groups in total. The molecule has 0 aliphatic heterocycles. The molecule has 0 heterocycles. The summed E-state index contributed by atoms with van der Waals surface area (Å²) in [6.07, 6.45) is 3.28. The zero-order chi connectivity index (χ0) is 13.7. The predicted octanol–water partition coefficient (Wildman–Crippen LogP) is 1.79. The van der Waals surface area contributed by atoms with E-state index < -0.39 is 6.10 Å². The van der Waals surface area contributed by atoms with Gasteiger partial charge in [0.2, 0.25) is 0 Å². The Bertz CT molecular complexity index is 416. The van der Waals surface area contributed by atoms with E-state index in [0.717, 1.165) is 31.2 Å². The molecule has 0 spiro atoms. The van der Waals surface area contributed by atoms with Crippen molar-refractivity contribution < 1.29 is 14.6 Å². The normalized spacial score (nSPS) is 22.8. The van der Waals surface area contributed by atoms with Crippen LogP contribution in [0.3, 0.4) is 0 Å². The predicted molar refractivity (Wildman–Crippen MR) is 73.1 cm³/mol. The first-order chi connectivity index (χ1) is 9.15. The Morgan fingerprint density at radius 3 is 2.68 bits per heavy atom. The van der Waals surface area contributed by atoms with Crippen LogP contribution in [0.25, 0.3) is 0 Å². The van der Waals surface area contributed by atoms with Crippen LogP contribution < -0.4 is 10.1 Å². The van der Waals surface area contributed by atoms with Crippen LogP contribution in [-0.4, -0.2) is 29.8 Å². The second kappa shape index (κ2) is 6.57. The molecule has 1 aromatic carbocycles. The topological polar surface area (TPSA) is 58.6 Å². The molecule has 1 aliphatic rings. The summed E-state index contributed by atoms with van der Waals surface area (Å²) in [6, 6.07) is 7.45. The van der Waals surface area contributed by atoms with Crippen LogP contribution in [0.15, 0.2) is 24.3 Å². The number of carbonyl (C=O) groups excluding carboxylic acids is 1. The minimum atomic E-state index is -0.419. The van der Waals surface area contributed by atoms with Crippen LogP contribution in [0.1, 0.15) is 31.2 Å². The van der Waals surface area contributed by atoms with Crippen molar-refractivity contribution in [1.82, 2.24) is 5.32 Å². The highest BCUT2D eigenvalue weighted by molar-refractivity contribution is 5.77. The van der Waals surface area contributed by atoms with E-state index in [-0.39, 0.29) is 18.6 Å². The molecule has 104 valence electrons. The molecule has 1 amide bonds. The number of ether oxygens (including phenoxy) is 1. The lowest BCUT2D eigenvalue weighted by Crippen LogP contribution is -2.46. The average Bonchev–Trinajstić information content (AvgIpc) is 2.41. The first kappa shape index (κ1) is 13.9. The fraction of sp³-hybridized carbons (Fsp3) is 0.533. The Hall–Kier alpha value is -1.55. The molecule has 0 radical (unpaired) electrons. The number of rotatable bonds is 4. The van der Waals surface area contributed by atoms with Crippen molar-refractivity contribution in [3.05, 3.63) is 29.8 Å². The summed E-state index contributed by atoms with van der Waals surface area (Å²) in [5.41, 5.74) is 1.15. The van der Waals surface area contributed by atoms with Crippen LogP contribution in [0.2, 0.25) is 0 Å². The first-order valence-corrected chi connectivity index (χ1v) is 6.82. The fourth-order valence-corrected chi connectivity index (χ4v) is 2.31. The maximum Gasteiger partial charge on any atom is 0.258 e. The molecule has 19 heavy (non-hydrogen) atoms. The lowest BCUT2D eigenvalue weighted by Gasteiger charge is -2.28. The number of carbonyl (C=O) groups is 1. The van der Waals surface area contributed by atoms with Gasteiger partial charge in [-0.2, -0.15) is 0 Å². The van der Waals surface area contributed by atoms with E-state index in [4.69, 9.17) is 4.74 Å². The molecule has 1 fully saturated rings. The number of hydrogen-bond acceptors (Lipinski definition) is 3. The third-order valence-electron chi connectivity index (χ3n) is 3.47. The van der Waals surface area contributed by atoms with Gasteiger partial charge in [0.1, 0.15) is 5.75 Å². The molecule has 1 saturated carbocycles. The number of nitrogens with one attached hydrogen (secondary N) is 1. The van der Waals surface area contributed by atoms with Crippen LogP contribution in [-0.2, 0) is 4.79 Å². The molecule has 1 aromatic rings. The summed E-state index contributed by atoms with van der Waals surface area (Å²) in [6.45, 7) is 1.99. The minimum absolute atomic E-state index is 0.00766. The number of aliphatic hydroxyl groups is 1. The summed E-state index contributed by atoms with van der Waals surface area (Å²) in [4.78, 5) is 11.7. The van der Waals surface area contributed by atoms with Crippen LogP contribution in [0, 0.1) is 6.92 Å². The number of aryl methyl sites for hydroxylation is 1. The number of hydrogen-bond donors (Lipinski definition) is 2. The maximum atomic E-state index is 11.7. The third-order valence-corrected chi connectivity index (χ3v) is 3.47. The molecule has 4 heteroatoms. The largest absolute Gasteiger partial charge is 0.484 e. The van der Waals surface area contributed by atoms with E-state index in [9.17, 15) is 9.90 Å². The highest BCUT2D eigenvalue weighted by Gasteiger charge is 2.24. The van der Waals surface area contributed by atoms with E-state index in [1.807, 2.05) is 31.2 Å². The molecule has 1 aliphatic carbocycles. The highest BCUT2D eigenvalue weighted by Crippen LogP contribution is 2.18. The molecule has 0 aromatic heterocycles. The van der Waals surface area contributed by atoms with Crippen molar-refractivity contribution in [1.29, 1.82) is 0 Å². The summed E-state index contributed by atoms with van der Waals surface area (Å²) in [5, 5.41) is 12.6. The van der Waals surface area contributed by atoms with Crippen molar-refractivity contribution in [3.8, 4) is 5.75 Å². The fourth-order valence-electron chi connectivity index (χ4n) is 2.31. The molecule has 4 nitrogen and oxygen atoms in total. The van der Waals surface area contributed by atoms with Crippen molar-refractivity contribution in [3.63, 3.8) is 0 Å². The monoisotopic (exact) mass is 263 g/mol. The number of amides is 1. The lowest BCUT2D eigenvalue weighted by molar-refractivity contribution is -0.125. The minimum Gasteiger partial charge on any atom is -0.484 e. The SMILES string of the molecule is Cc1ccc(OCC(=O)N[C@@H]2CCCC[C@H]2O)cc1. The second-order valence-electron chi connectivity index (χ2n) is 5.13. The van der Waals surface area contributed by atoms with Gasteiger partial charge in [0.05, 0.1) is 12.1 Å². The Morgan fingerprint density at radius 1 is 1.32 bits per heavy atom. The Kier molecular flexibility index (Phi) is 4.80. The van der Waals surface area contributed by atoms with Crippen molar-refractivity contribution in [2.24, 2.45) is 0 Å². The summed E-state index contributed by atoms with van der Waals surface area (Å²) in [5.74, 6) is 0.511. The summed E-state index contributed by atoms with van der Waals surface area (Å²) < 4.78 is 5.41. The zero-order valence-corrected chi connectivity index (χ0v) is 11.3. The highest BCUT2D eigenvalue weighted by atomic mass is 16.5. The maximum absolute atomic E-state index is 11.7. The molecule has 2 rings (SSSR count). The van der Waals surface area contributed by atoms with Gasteiger partial charge in [0.15, 0.2) is 6.61 Å². The molecule has 0 unspecified atom stereocenters. The molecular formula is C15H21NO3. The second-order valence-corrected chi connectivity index (χ2v) is 5.13. The van der Waals surface area contributed by atoms with E-state index in [2.05, 4.69) is 5.32 Å². The molecule has 0 bridgehead atoms. The van der Waals surface area contributed by atoms with E-state index in [1.54, 1.807) is 0 Å². The van der Waals surface area contributed by atoms with Crippen molar-refractivity contribution >= 4 is 5.91 Å². The smallest absolute Gasteiger partial charge is 0.258 e. The standard InChI is InChI=1S/C15H21NO3/c1-11-6-8-12(9-7-11)19-10-15(18)16-13-4-2-3-5-14(13)17/h6-9,13-14,17H,2-5,10H2,1H3,(H,16,18)/t13-,14-/m1/s1. The Morgan fingerprint density at radius 2 is 2.00 bits per heavy atom. The van der Waals surface area contributed by atoms with Gasteiger partial charge in [-0.1, -0.05) is 30.5 Å². The van der Waals surface area contributed by atoms with E-state index in [1.165, 1.54) is 0 Å². The van der Waals surface area contributed by atoms with Gasteiger partial charge in [-0.25, -0.2) is 0 Å². The van der Waals surface area contributed by atoms with Gasteiger partial charge in [0, 0.05) is 0 Å². The van der Waals surface area contributed by atoms with Crippen LogP contribution >= 0.6 is 0 Å². The van der Waals surface area contributed by atoms with Gasteiger partial charge < -0.3 is 15.2 Å². The van der Waals surface area contributed by atoms with E-state index >= 15 is 0 Å². The Labute approximate surface area is 113 Å². The molecule has 0 saturated heterocycles. The Balaban J connectivity index is 1.76. The van der Waals surface area contributed by atoms with Gasteiger partial charge in [-0.05, 0) is 31.9 Å². The van der Waals surface area contributed by atoms with Crippen molar-refractivity contribution in [2.75, 3.05) is 6.61 Å². The number of benzene rings is 1.